The van der Waals surface area contributed by atoms with E-state index >= 15 is 0 Å². The van der Waals surface area contributed by atoms with Crippen molar-refractivity contribution in [1.82, 2.24) is 9.88 Å². The number of aryl methyl sites for hydroxylation is 2. The Hall–Kier alpha value is -3.36. The highest BCUT2D eigenvalue weighted by Crippen LogP contribution is 2.32. The van der Waals surface area contributed by atoms with Crippen LogP contribution < -0.4 is 4.74 Å². The van der Waals surface area contributed by atoms with Gasteiger partial charge in [0.15, 0.2) is 0 Å². The van der Waals surface area contributed by atoms with Gasteiger partial charge >= 0.3 is 5.97 Å². The van der Waals surface area contributed by atoms with Crippen molar-refractivity contribution in [2.75, 3.05) is 26.7 Å². The molecule has 1 aliphatic rings. The SMILES string of the molecule is COc1ccc2nccc(CCCC3CCN(CC#Cc4cccc(C)c4)CC3CCC(=O)O)c2c1. The molecule has 2 heterocycles. The van der Waals surface area contributed by atoms with E-state index in [0.717, 1.165) is 74.0 Å². The molecular formula is C31H36N2O3. The summed E-state index contributed by atoms with van der Waals surface area (Å²) >= 11 is 0. The number of pyridine rings is 1. The van der Waals surface area contributed by atoms with Gasteiger partial charge < -0.3 is 9.84 Å². The van der Waals surface area contributed by atoms with E-state index in [-0.39, 0.29) is 6.42 Å². The van der Waals surface area contributed by atoms with Gasteiger partial charge in [-0.2, -0.15) is 0 Å². The maximum Gasteiger partial charge on any atom is 0.303 e. The minimum Gasteiger partial charge on any atom is -0.497 e. The van der Waals surface area contributed by atoms with Crippen LogP contribution in [0.4, 0.5) is 0 Å². The topological polar surface area (TPSA) is 62.7 Å². The normalized spacial score (nSPS) is 17.9. The highest BCUT2D eigenvalue weighted by Gasteiger charge is 2.28. The molecule has 0 spiro atoms. The number of aliphatic carboxylic acids is 1. The highest BCUT2D eigenvalue weighted by molar-refractivity contribution is 5.83. The molecule has 3 aromatic rings. The Labute approximate surface area is 214 Å². The zero-order chi connectivity index (χ0) is 25.3. The standard InChI is InChI=1S/C31H36N2O3/c1-23-6-3-7-24(20-23)8-5-18-33-19-16-25(27(22-33)11-14-31(34)35)9-4-10-26-15-17-32-30-13-12-28(36-2)21-29(26)30/h3,6-7,12-13,15,17,20-21,25,27H,4,9-11,14,16,18-19,22H2,1-2H3,(H,34,35). The number of benzene rings is 2. The molecule has 2 aromatic carbocycles. The lowest BCUT2D eigenvalue weighted by atomic mass is 9.79. The molecule has 36 heavy (non-hydrogen) atoms. The average molecular weight is 485 g/mol. The van der Waals surface area contributed by atoms with Crippen LogP contribution in [-0.2, 0) is 11.2 Å². The molecule has 4 rings (SSSR count). The summed E-state index contributed by atoms with van der Waals surface area (Å²) in [7, 11) is 1.69. The van der Waals surface area contributed by atoms with E-state index in [1.807, 2.05) is 30.5 Å². The Morgan fingerprint density at radius 1 is 1.17 bits per heavy atom. The molecule has 1 N–H and O–H groups in total. The number of piperidine rings is 1. The van der Waals surface area contributed by atoms with Gasteiger partial charge in [0.25, 0.3) is 0 Å². The van der Waals surface area contributed by atoms with E-state index in [1.165, 1.54) is 11.1 Å². The lowest BCUT2D eigenvalue weighted by Gasteiger charge is -2.38. The van der Waals surface area contributed by atoms with Gasteiger partial charge in [-0.15, -0.1) is 0 Å². The van der Waals surface area contributed by atoms with Gasteiger partial charge in [-0.3, -0.25) is 14.7 Å². The second-order valence-corrected chi connectivity index (χ2v) is 9.89. The van der Waals surface area contributed by atoms with Crippen molar-refractivity contribution in [2.24, 2.45) is 11.8 Å². The van der Waals surface area contributed by atoms with Crippen LogP contribution in [-0.4, -0.2) is 47.7 Å². The predicted molar refractivity (Wildman–Crippen MR) is 144 cm³/mol. The fourth-order valence-corrected chi connectivity index (χ4v) is 5.37. The number of carboxylic acid groups (broad SMARTS) is 1. The van der Waals surface area contributed by atoms with Crippen LogP contribution in [0.1, 0.15) is 48.8 Å². The number of rotatable bonds is 9. The van der Waals surface area contributed by atoms with E-state index in [2.05, 4.69) is 52.9 Å². The number of fused-ring (bicyclic) bond motifs is 1. The molecule has 1 aliphatic heterocycles. The molecule has 2 atom stereocenters. The number of likely N-dealkylation sites (tertiary alicyclic amines) is 1. The lowest BCUT2D eigenvalue weighted by Crippen LogP contribution is -2.41. The third kappa shape index (κ3) is 7.08. The van der Waals surface area contributed by atoms with Crippen LogP contribution in [0.3, 0.4) is 0 Å². The number of hydrogen-bond donors (Lipinski definition) is 1. The Balaban J connectivity index is 1.36. The van der Waals surface area contributed by atoms with E-state index in [1.54, 1.807) is 7.11 Å². The van der Waals surface area contributed by atoms with Crippen LogP contribution >= 0.6 is 0 Å². The van der Waals surface area contributed by atoms with Crippen molar-refractivity contribution in [3.05, 3.63) is 71.4 Å². The summed E-state index contributed by atoms with van der Waals surface area (Å²) in [6, 6.07) is 16.4. The number of carbonyl (C=O) groups is 1. The largest absolute Gasteiger partial charge is 0.497 e. The smallest absolute Gasteiger partial charge is 0.303 e. The Morgan fingerprint density at radius 3 is 2.86 bits per heavy atom. The first-order valence-electron chi connectivity index (χ1n) is 12.9. The number of methoxy groups -OCH3 is 1. The van der Waals surface area contributed by atoms with Gasteiger partial charge in [0.1, 0.15) is 5.75 Å². The number of nitrogens with zero attached hydrogens (tertiary/aromatic N) is 2. The fourth-order valence-electron chi connectivity index (χ4n) is 5.37. The van der Waals surface area contributed by atoms with E-state index in [0.29, 0.717) is 11.8 Å². The molecule has 1 fully saturated rings. The molecule has 2 unspecified atom stereocenters. The minimum atomic E-state index is -0.706. The van der Waals surface area contributed by atoms with Gasteiger partial charge in [-0.05, 0) is 105 Å². The molecule has 5 nitrogen and oxygen atoms in total. The molecule has 1 aromatic heterocycles. The molecule has 0 radical (unpaired) electrons. The van der Waals surface area contributed by atoms with Crippen LogP contribution in [0.25, 0.3) is 10.9 Å². The lowest BCUT2D eigenvalue weighted by molar-refractivity contribution is -0.137. The Bertz CT molecular complexity index is 1240. The third-order valence-electron chi connectivity index (χ3n) is 7.32. The van der Waals surface area contributed by atoms with Crippen molar-refractivity contribution in [1.29, 1.82) is 0 Å². The number of hydrogen-bond acceptors (Lipinski definition) is 4. The first-order chi connectivity index (χ1) is 17.5. The summed E-state index contributed by atoms with van der Waals surface area (Å²) in [5, 5.41) is 10.5. The van der Waals surface area contributed by atoms with Crippen molar-refractivity contribution < 1.29 is 14.6 Å². The fraction of sp³-hybridized carbons (Fsp3) is 0.419. The molecule has 0 aliphatic carbocycles. The molecule has 0 amide bonds. The van der Waals surface area contributed by atoms with E-state index in [9.17, 15) is 9.90 Å². The quantitative estimate of drug-likeness (QED) is 0.393. The number of carboxylic acids is 1. The Morgan fingerprint density at radius 2 is 2.06 bits per heavy atom. The monoisotopic (exact) mass is 484 g/mol. The maximum absolute atomic E-state index is 11.3. The van der Waals surface area contributed by atoms with Gasteiger partial charge in [0, 0.05) is 30.1 Å². The molecule has 5 heteroatoms. The highest BCUT2D eigenvalue weighted by atomic mass is 16.5. The maximum atomic E-state index is 11.3. The zero-order valence-electron chi connectivity index (χ0n) is 21.4. The van der Waals surface area contributed by atoms with Gasteiger partial charge in [-0.25, -0.2) is 0 Å². The Kier molecular flexibility index (Phi) is 8.97. The van der Waals surface area contributed by atoms with Crippen LogP contribution in [0.5, 0.6) is 5.75 Å². The second kappa shape index (κ2) is 12.6. The first kappa shape index (κ1) is 25.7. The summed E-state index contributed by atoms with van der Waals surface area (Å²) in [5.41, 5.74) is 4.56. The van der Waals surface area contributed by atoms with Crippen molar-refractivity contribution in [3.8, 4) is 17.6 Å². The molecule has 188 valence electrons. The summed E-state index contributed by atoms with van der Waals surface area (Å²) in [4.78, 5) is 18.2. The first-order valence-corrected chi connectivity index (χ1v) is 12.9. The van der Waals surface area contributed by atoms with Crippen LogP contribution in [0.15, 0.2) is 54.7 Å². The molecular weight excluding hydrogens is 448 g/mol. The van der Waals surface area contributed by atoms with Crippen molar-refractivity contribution in [2.45, 2.75) is 45.4 Å². The van der Waals surface area contributed by atoms with Crippen molar-refractivity contribution >= 4 is 16.9 Å². The number of ether oxygens (including phenoxy) is 1. The van der Waals surface area contributed by atoms with E-state index in [4.69, 9.17) is 4.74 Å². The van der Waals surface area contributed by atoms with Crippen molar-refractivity contribution in [3.63, 3.8) is 0 Å². The summed E-state index contributed by atoms with van der Waals surface area (Å²) < 4.78 is 5.42. The summed E-state index contributed by atoms with van der Waals surface area (Å²) in [6.45, 7) is 4.76. The molecule has 0 bridgehead atoms. The molecule has 0 saturated carbocycles. The van der Waals surface area contributed by atoms with Crippen LogP contribution in [0.2, 0.25) is 0 Å². The summed E-state index contributed by atoms with van der Waals surface area (Å²) in [6.07, 6.45) is 7.13. The van der Waals surface area contributed by atoms with Gasteiger partial charge in [0.05, 0.1) is 19.2 Å². The number of aromatic nitrogens is 1. The van der Waals surface area contributed by atoms with E-state index < -0.39 is 5.97 Å². The van der Waals surface area contributed by atoms with Gasteiger partial charge in [-0.1, -0.05) is 24.0 Å². The zero-order valence-corrected chi connectivity index (χ0v) is 21.4. The molecule has 1 saturated heterocycles. The summed E-state index contributed by atoms with van der Waals surface area (Å²) in [5.74, 6) is 7.70. The minimum absolute atomic E-state index is 0.235. The average Bonchev–Trinajstić information content (AvgIpc) is 2.88. The van der Waals surface area contributed by atoms with Crippen LogP contribution in [0, 0.1) is 30.6 Å². The second-order valence-electron chi connectivity index (χ2n) is 9.89. The predicted octanol–water partition coefficient (Wildman–Crippen LogP) is 5.73. The van der Waals surface area contributed by atoms with Gasteiger partial charge in [0.2, 0.25) is 0 Å². The third-order valence-corrected chi connectivity index (χ3v) is 7.32.